The van der Waals surface area contributed by atoms with E-state index in [2.05, 4.69) is 20.6 Å². The van der Waals surface area contributed by atoms with E-state index in [0.717, 1.165) is 38.4 Å². The standard InChI is InChI=1S/C46H56F3N7O9S/c1-28-41(66-27-52-28)31-7-5-29(6-8-31)22-50-43(60)37-21-32(57)24-56(37)45(62)42(46(2,3)4)53-38(58)10-13-63-15-17-65-18-16-64-14-11-39(59)54-12-9-36-33(25-54)44(61)55(26-51-36)23-30-19-34(47)40(49)35(48)20-30/h5-8,19-20,26-27,32,37,42,57H,9-18,21-25H2,1-4H3,(H,50,60)(H,53,58)/t32-,37+,42-/m1/s1. The number of carbonyl (C=O) groups is 4. The monoisotopic (exact) mass is 939 g/mol. The zero-order valence-electron chi connectivity index (χ0n) is 37.4. The normalized spacial score (nSPS) is 16.5. The van der Waals surface area contributed by atoms with Gasteiger partial charge in [0, 0.05) is 38.9 Å². The minimum absolute atomic E-state index is 0.0178. The van der Waals surface area contributed by atoms with Gasteiger partial charge in [-0.25, -0.2) is 23.1 Å². The summed E-state index contributed by atoms with van der Waals surface area (Å²) in [4.78, 5) is 79.0. The van der Waals surface area contributed by atoms with E-state index >= 15 is 0 Å². The number of hydrogen-bond donors (Lipinski definition) is 3. The number of β-amino-alcohol motifs (C(OH)–C–C–N with tert-alkyl or cyclic N) is 1. The Labute approximate surface area is 384 Å². The average molecular weight is 940 g/mol. The molecule has 0 radical (unpaired) electrons. The summed E-state index contributed by atoms with van der Waals surface area (Å²) >= 11 is 1.56. The van der Waals surface area contributed by atoms with Crippen LogP contribution in [0.2, 0.25) is 0 Å². The van der Waals surface area contributed by atoms with Crippen LogP contribution in [0.3, 0.4) is 0 Å². The van der Waals surface area contributed by atoms with Crippen LogP contribution in [-0.2, 0) is 59.4 Å². The number of fused-ring (bicyclic) bond motifs is 1. The van der Waals surface area contributed by atoms with Crippen molar-refractivity contribution >= 4 is 35.0 Å². The first-order valence-corrected chi connectivity index (χ1v) is 22.6. The van der Waals surface area contributed by atoms with E-state index in [-0.39, 0.29) is 96.6 Å². The van der Waals surface area contributed by atoms with Crippen molar-refractivity contribution < 1.29 is 51.7 Å². The molecule has 16 nitrogen and oxygen atoms in total. The molecule has 4 aromatic rings. The van der Waals surface area contributed by atoms with Crippen LogP contribution in [0.25, 0.3) is 10.4 Å². The number of nitrogens with zero attached hydrogens (tertiary/aromatic N) is 5. The van der Waals surface area contributed by atoms with Crippen molar-refractivity contribution in [2.45, 2.75) is 91.2 Å². The molecule has 0 saturated carbocycles. The van der Waals surface area contributed by atoms with Gasteiger partial charge in [-0.1, -0.05) is 45.0 Å². The number of ether oxygens (including phenoxy) is 3. The highest BCUT2D eigenvalue weighted by atomic mass is 32.1. The van der Waals surface area contributed by atoms with Crippen molar-refractivity contribution in [2.75, 3.05) is 52.7 Å². The summed E-state index contributed by atoms with van der Waals surface area (Å²) in [5, 5.41) is 16.2. The van der Waals surface area contributed by atoms with Crippen molar-refractivity contribution in [1.29, 1.82) is 0 Å². The molecule has 0 bridgehead atoms. The molecule has 4 amide bonds. The first-order valence-electron chi connectivity index (χ1n) is 21.8. The van der Waals surface area contributed by atoms with Gasteiger partial charge >= 0.3 is 0 Å². The second-order valence-electron chi connectivity index (χ2n) is 17.3. The number of thiazole rings is 1. The number of carbonyl (C=O) groups excluding carboxylic acids is 4. The SMILES string of the molecule is Cc1ncsc1-c1ccc(CNC(=O)[C@@H]2C[C@@H](O)CN2C(=O)[C@@H](NC(=O)CCOCCOCCOCCC(=O)N2CCc3ncn(Cc4cc(F)c(F)c(F)c4)c(=O)c3C2)C(C)(C)C)cc1. The van der Waals surface area contributed by atoms with Gasteiger partial charge in [0.1, 0.15) is 12.1 Å². The number of rotatable bonds is 20. The second kappa shape index (κ2) is 22.8. The van der Waals surface area contributed by atoms with E-state index in [1.807, 2.05) is 52.0 Å². The molecule has 20 heteroatoms. The molecule has 3 N–H and O–H groups in total. The average Bonchev–Trinajstić information content (AvgIpc) is 3.91. The summed E-state index contributed by atoms with van der Waals surface area (Å²) < 4.78 is 58.6. The Morgan fingerprint density at radius 3 is 2.21 bits per heavy atom. The molecule has 0 aliphatic carbocycles. The maximum atomic E-state index is 13.9. The van der Waals surface area contributed by atoms with Gasteiger partial charge < -0.3 is 39.8 Å². The molecule has 6 rings (SSSR count). The molecule has 2 aliphatic rings. The first-order chi connectivity index (χ1) is 31.5. The molecule has 356 valence electrons. The van der Waals surface area contributed by atoms with Crippen molar-refractivity contribution in [3.8, 4) is 10.4 Å². The van der Waals surface area contributed by atoms with Crippen LogP contribution in [0, 0.1) is 29.8 Å². The molecule has 1 saturated heterocycles. The van der Waals surface area contributed by atoms with Crippen LogP contribution in [-0.4, -0.2) is 124 Å². The number of aliphatic hydroxyl groups is 1. The van der Waals surface area contributed by atoms with Crippen LogP contribution in [0.4, 0.5) is 13.2 Å². The molecule has 3 atom stereocenters. The fourth-order valence-electron chi connectivity index (χ4n) is 7.71. The summed E-state index contributed by atoms with van der Waals surface area (Å²) in [6.45, 7) is 8.76. The molecule has 1 fully saturated rings. The van der Waals surface area contributed by atoms with E-state index in [1.54, 1.807) is 16.8 Å². The number of amides is 4. The van der Waals surface area contributed by atoms with Crippen molar-refractivity contribution in [3.63, 3.8) is 0 Å². The molecule has 2 aliphatic heterocycles. The zero-order valence-corrected chi connectivity index (χ0v) is 38.3. The lowest BCUT2D eigenvalue weighted by Gasteiger charge is -2.35. The van der Waals surface area contributed by atoms with Gasteiger partial charge in [-0.2, -0.15) is 0 Å². The molecular formula is C46H56F3N7O9S. The van der Waals surface area contributed by atoms with Crippen LogP contribution in [0.15, 0.2) is 53.0 Å². The highest BCUT2D eigenvalue weighted by Crippen LogP contribution is 2.28. The predicted molar refractivity (Wildman–Crippen MR) is 236 cm³/mol. The van der Waals surface area contributed by atoms with Crippen LogP contribution in [0.1, 0.15) is 68.1 Å². The van der Waals surface area contributed by atoms with Gasteiger partial charge in [0.25, 0.3) is 5.56 Å². The molecule has 2 aromatic heterocycles. The van der Waals surface area contributed by atoms with Crippen LogP contribution < -0.4 is 16.2 Å². The van der Waals surface area contributed by atoms with E-state index < -0.39 is 64.3 Å². The third-order valence-corrected chi connectivity index (χ3v) is 12.3. The second-order valence-corrected chi connectivity index (χ2v) is 18.2. The largest absolute Gasteiger partial charge is 0.391 e. The number of likely N-dealkylation sites (tertiary alicyclic amines) is 1. The molecule has 4 heterocycles. The van der Waals surface area contributed by atoms with Gasteiger partial charge in [-0.05, 0) is 41.2 Å². The Hall–Kier alpha value is -5.54. The summed E-state index contributed by atoms with van der Waals surface area (Å²) in [7, 11) is 0. The van der Waals surface area contributed by atoms with Gasteiger partial charge in [-0.3, -0.25) is 28.5 Å². The highest BCUT2D eigenvalue weighted by Gasteiger charge is 2.44. The minimum Gasteiger partial charge on any atom is -0.391 e. The third kappa shape index (κ3) is 13.1. The zero-order chi connectivity index (χ0) is 47.5. The van der Waals surface area contributed by atoms with Gasteiger partial charge in [0.2, 0.25) is 23.6 Å². The molecule has 0 spiro atoms. The third-order valence-electron chi connectivity index (χ3n) is 11.3. The van der Waals surface area contributed by atoms with Crippen LogP contribution >= 0.6 is 11.3 Å². The van der Waals surface area contributed by atoms with E-state index in [9.17, 15) is 42.3 Å². The first kappa shape index (κ1) is 49.9. The van der Waals surface area contributed by atoms with Crippen molar-refractivity contribution in [3.05, 3.63) is 104 Å². The van der Waals surface area contributed by atoms with Crippen molar-refractivity contribution in [1.82, 2.24) is 35.0 Å². The van der Waals surface area contributed by atoms with Gasteiger partial charge in [-0.15, -0.1) is 11.3 Å². The number of nitrogens with one attached hydrogen (secondary N) is 2. The summed E-state index contributed by atoms with van der Waals surface area (Å²) in [5.74, 6) is -5.81. The van der Waals surface area contributed by atoms with Crippen LogP contribution in [0.5, 0.6) is 0 Å². The Morgan fingerprint density at radius 1 is 0.924 bits per heavy atom. The Balaban J connectivity index is 0.844. The number of aromatic nitrogens is 3. The maximum absolute atomic E-state index is 13.9. The Morgan fingerprint density at radius 2 is 1.58 bits per heavy atom. The maximum Gasteiger partial charge on any atom is 0.258 e. The predicted octanol–water partition coefficient (Wildman–Crippen LogP) is 3.66. The lowest BCUT2D eigenvalue weighted by atomic mass is 9.85. The summed E-state index contributed by atoms with van der Waals surface area (Å²) in [5.41, 5.74) is 4.37. The Bertz CT molecular complexity index is 2390. The topological polar surface area (TPSA) is 195 Å². The number of benzene rings is 2. The van der Waals surface area contributed by atoms with Gasteiger partial charge in [0.05, 0.1) is 98.9 Å². The molecule has 0 unspecified atom stereocenters. The van der Waals surface area contributed by atoms with Crippen molar-refractivity contribution in [2.24, 2.45) is 5.41 Å². The van der Waals surface area contributed by atoms with E-state index in [1.165, 1.54) is 16.1 Å². The smallest absolute Gasteiger partial charge is 0.258 e. The highest BCUT2D eigenvalue weighted by molar-refractivity contribution is 7.13. The lowest BCUT2D eigenvalue weighted by molar-refractivity contribution is -0.144. The number of aliphatic hydroxyl groups excluding tert-OH is 1. The quantitative estimate of drug-likeness (QED) is 0.0865. The summed E-state index contributed by atoms with van der Waals surface area (Å²) in [6, 6.07) is 7.55. The number of hydrogen-bond acceptors (Lipinski definition) is 12. The molecule has 2 aromatic carbocycles. The molecule has 66 heavy (non-hydrogen) atoms. The van der Waals surface area contributed by atoms with Gasteiger partial charge in [0.15, 0.2) is 17.5 Å². The van der Waals surface area contributed by atoms with E-state index in [0.29, 0.717) is 24.2 Å². The number of halogens is 3. The Kier molecular flexibility index (Phi) is 17.2. The minimum atomic E-state index is -1.59. The fraction of sp³-hybridized carbons (Fsp3) is 0.500. The summed E-state index contributed by atoms with van der Waals surface area (Å²) in [6.07, 6.45) is 0.843. The fourth-order valence-corrected chi connectivity index (χ4v) is 8.52. The number of aryl methyl sites for hydroxylation is 1. The lowest BCUT2D eigenvalue weighted by Crippen LogP contribution is -2.57. The molecular weight excluding hydrogens is 884 g/mol. The van der Waals surface area contributed by atoms with E-state index in [4.69, 9.17) is 14.2 Å².